The number of sulfonamides is 1. The van der Waals surface area contributed by atoms with Crippen LogP contribution in [0.3, 0.4) is 0 Å². The Bertz CT molecular complexity index is 768. The molecule has 0 bridgehead atoms. The van der Waals surface area contributed by atoms with Crippen LogP contribution in [0.2, 0.25) is 0 Å². The van der Waals surface area contributed by atoms with E-state index in [1.807, 2.05) is 0 Å². The molecule has 1 saturated heterocycles. The number of carbonyl (C=O) groups excluding carboxylic acids is 1. The van der Waals surface area contributed by atoms with Gasteiger partial charge in [-0.2, -0.15) is 17.5 Å². The Morgan fingerprint density at radius 1 is 1.35 bits per heavy atom. The summed E-state index contributed by atoms with van der Waals surface area (Å²) in [6.45, 7) is 0.477. The number of hydrogen-bond acceptors (Lipinski definition) is 4. The molecule has 1 aliphatic heterocycles. The standard InChI is InChI=1S/C15H19F4N3O3S/c16-13-8-11(3-4-12(13)15(17,18)19)26(24,25)22-7-1-2-10(9-22)14(23)21-6-5-20/h3-4,8,10H,1-2,5-7,9,20H2,(H,21,23). The van der Waals surface area contributed by atoms with Crippen LogP contribution in [0.5, 0.6) is 0 Å². The van der Waals surface area contributed by atoms with Crippen LogP contribution in [0.4, 0.5) is 17.6 Å². The molecule has 1 heterocycles. The minimum Gasteiger partial charge on any atom is -0.355 e. The predicted octanol–water partition coefficient (Wildman–Crippen LogP) is 1.32. The maximum Gasteiger partial charge on any atom is 0.419 e. The van der Waals surface area contributed by atoms with Crippen LogP contribution >= 0.6 is 0 Å². The Balaban J connectivity index is 2.21. The molecule has 0 saturated carbocycles. The van der Waals surface area contributed by atoms with Gasteiger partial charge in [-0.15, -0.1) is 0 Å². The van der Waals surface area contributed by atoms with Crippen LogP contribution in [0, 0.1) is 11.7 Å². The smallest absolute Gasteiger partial charge is 0.355 e. The van der Waals surface area contributed by atoms with Gasteiger partial charge in [-0.1, -0.05) is 0 Å². The summed E-state index contributed by atoms with van der Waals surface area (Å²) in [5, 5.41) is 2.58. The summed E-state index contributed by atoms with van der Waals surface area (Å²) < 4.78 is 77.8. The molecule has 3 N–H and O–H groups in total. The van der Waals surface area contributed by atoms with Gasteiger partial charge in [0.15, 0.2) is 0 Å². The second-order valence-electron chi connectivity index (χ2n) is 5.92. The van der Waals surface area contributed by atoms with Crippen molar-refractivity contribution < 1.29 is 30.8 Å². The number of piperidine rings is 1. The molecule has 1 aliphatic rings. The van der Waals surface area contributed by atoms with Crippen molar-refractivity contribution in [2.24, 2.45) is 11.7 Å². The van der Waals surface area contributed by atoms with E-state index in [-0.39, 0.29) is 32.1 Å². The number of nitrogens with two attached hydrogens (primary N) is 1. The molecule has 1 aromatic carbocycles. The van der Waals surface area contributed by atoms with Crippen molar-refractivity contribution in [2.75, 3.05) is 26.2 Å². The molecule has 2 rings (SSSR count). The zero-order valence-corrected chi connectivity index (χ0v) is 14.5. The van der Waals surface area contributed by atoms with Crippen molar-refractivity contribution in [3.05, 3.63) is 29.6 Å². The predicted molar refractivity (Wildman–Crippen MR) is 84.9 cm³/mol. The number of amides is 1. The Morgan fingerprint density at radius 3 is 2.62 bits per heavy atom. The first-order chi connectivity index (χ1) is 12.1. The third kappa shape index (κ3) is 4.51. The summed E-state index contributed by atoms with van der Waals surface area (Å²) in [5.41, 5.74) is 3.77. The first-order valence-corrected chi connectivity index (χ1v) is 9.36. The monoisotopic (exact) mass is 397 g/mol. The van der Waals surface area contributed by atoms with Crippen LogP contribution in [-0.2, 0) is 21.0 Å². The molecule has 1 amide bonds. The van der Waals surface area contributed by atoms with E-state index in [0.717, 1.165) is 10.4 Å². The quantitative estimate of drug-likeness (QED) is 0.733. The first-order valence-electron chi connectivity index (χ1n) is 7.92. The van der Waals surface area contributed by atoms with Gasteiger partial charge in [0.2, 0.25) is 15.9 Å². The highest BCUT2D eigenvalue weighted by atomic mass is 32.2. The van der Waals surface area contributed by atoms with E-state index in [0.29, 0.717) is 25.0 Å². The number of nitrogens with one attached hydrogen (secondary N) is 1. The van der Waals surface area contributed by atoms with Crippen molar-refractivity contribution in [3.63, 3.8) is 0 Å². The molecule has 1 atom stereocenters. The summed E-state index contributed by atoms with van der Waals surface area (Å²) in [5.74, 6) is -2.59. The third-order valence-corrected chi connectivity index (χ3v) is 5.94. The Labute approximate surface area is 148 Å². The van der Waals surface area contributed by atoms with Crippen molar-refractivity contribution >= 4 is 15.9 Å². The number of alkyl halides is 3. The number of halogens is 4. The Hall–Kier alpha value is -1.72. The van der Waals surface area contributed by atoms with Gasteiger partial charge < -0.3 is 11.1 Å². The molecule has 1 fully saturated rings. The maximum absolute atomic E-state index is 13.7. The summed E-state index contributed by atoms with van der Waals surface area (Å²) in [4.78, 5) is 11.4. The minimum absolute atomic E-state index is 0.103. The normalized spacial score (nSPS) is 19.3. The van der Waals surface area contributed by atoms with E-state index in [1.165, 1.54) is 0 Å². The summed E-state index contributed by atoms with van der Waals surface area (Å²) in [6, 6.07) is 1.48. The van der Waals surface area contributed by atoms with E-state index < -0.39 is 38.4 Å². The zero-order valence-electron chi connectivity index (χ0n) is 13.7. The van der Waals surface area contributed by atoms with Gasteiger partial charge in [0.1, 0.15) is 5.82 Å². The molecule has 0 spiro atoms. The van der Waals surface area contributed by atoms with Gasteiger partial charge in [0, 0.05) is 26.2 Å². The molecule has 26 heavy (non-hydrogen) atoms. The lowest BCUT2D eigenvalue weighted by atomic mass is 9.99. The highest BCUT2D eigenvalue weighted by Gasteiger charge is 2.37. The number of carbonyl (C=O) groups is 1. The van der Waals surface area contributed by atoms with E-state index in [9.17, 15) is 30.8 Å². The molecule has 1 aromatic rings. The average Bonchev–Trinajstić information content (AvgIpc) is 2.58. The van der Waals surface area contributed by atoms with Gasteiger partial charge in [-0.3, -0.25) is 4.79 Å². The molecule has 0 aromatic heterocycles. The van der Waals surface area contributed by atoms with Gasteiger partial charge >= 0.3 is 6.18 Å². The number of hydrogen-bond donors (Lipinski definition) is 2. The molecule has 6 nitrogen and oxygen atoms in total. The maximum atomic E-state index is 13.7. The minimum atomic E-state index is -4.91. The highest BCUT2D eigenvalue weighted by Crippen LogP contribution is 2.33. The summed E-state index contributed by atoms with van der Waals surface area (Å²) in [6.07, 6.45) is -4.03. The largest absolute Gasteiger partial charge is 0.419 e. The van der Waals surface area contributed by atoms with Crippen molar-refractivity contribution in [1.82, 2.24) is 9.62 Å². The first kappa shape index (κ1) is 20.6. The molecule has 146 valence electrons. The Morgan fingerprint density at radius 2 is 2.04 bits per heavy atom. The zero-order chi connectivity index (χ0) is 19.5. The van der Waals surface area contributed by atoms with E-state index in [1.54, 1.807) is 0 Å². The molecule has 11 heteroatoms. The lowest BCUT2D eigenvalue weighted by molar-refractivity contribution is -0.140. The van der Waals surface area contributed by atoms with Crippen LogP contribution in [0.15, 0.2) is 23.1 Å². The van der Waals surface area contributed by atoms with Gasteiger partial charge in [0.05, 0.1) is 16.4 Å². The average molecular weight is 397 g/mol. The lowest BCUT2D eigenvalue weighted by Crippen LogP contribution is -2.46. The summed E-state index contributed by atoms with van der Waals surface area (Å²) >= 11 is 0. The van der Waals surface area contributed by atoms with Gasteiger partial charge in [-0.05, 0) is 31.0 Å². The van der Waals surface area contributed by atoms with Gasteiger partial charge in [0.25, 0.3) is 0 Å². The van der Waals surface area contributed by atoms with E-state index in [2.05, 4.69) is 5.32 Å². The fourth-order valence-corrected chi connectivity index (χ4v) is 4.29. The number of rotatable bonds is 5. The second-order valence-corrected chi connectivity index (χ2v) is 7.86. The molecule has 1 unspecified atom stereocenters. The molecular formula is C15H19F4N3O3S. The van der Waals surface area contributed by atoms with Crippen LogP contribution in [0.1, 0.15) is 18.4 Å². The highest BCUT2D eigenvalue weighted by molar-refractivity contribution is 7.89. The Kier molecular flexibility index (Phi) is 6.25. The topological polar surface area (TPSA) is 92.5 Å². The third-order valence-electron chi connectivity index (χ3n) is 4.08. The lowest BCUT2D eigenvalue weighted by Gasteiger charge is -2.31. The fraction of sp³-hybridized carbons (Fsp3) is 0.533. The number of nitrogens with zero attached hydrogens (tertiary/aromatic N) is 1. The molecule has 0 aliphatic carbocycles. The SMILES string of the molecule is NCCNC(=O)C1CCCN(S(=O)(=O)c2ccc(C(F)(F)F)c(F)c2)C1. The van der Waals surface area contributed by atoms with Crippen molar-refractivity contribution in [3.8, 4) is 0 Å². The van der Waals surface area contributed by atoms with Crippen LogP contribution in [0.25, 0.3) is 0 Å². The van der Waals surface area contributed by atoms with E-state index in [4.69, 9.17) is 5.73 Å². The van der Waals surface area contributed by atoms with Crippen LogP contribution in [-0.4, -0.2) is 44.8 Å². The van der Waals surface area contributed by atoms with Crippen molar-refractivity contribution in [1.29, 1.82) is 0 Å². The molecule has 0 radical (unpaired) electrons. The van der Waals surface area contributed by atoms with Gasteiger partial charge in [-0.25, -0.2) is 12.8 Å². The number of benzene rings is 1. The fourth-order valence-electron chi connectivity index (χ4n) is 2.75. The summed E-state index contributed by atoms with van der Waals surface area (Å²) in [7, 11) is -4.21. The molecular weight excluding hydrogens is 378 g/mol. The second kappa shape index (κ2) is 7.89. The van der Waals surface area contributed by atoms with Crippen molar-refractivity contribution in [2.45, 2.75) is 23.9 Å². The van der Waals surface area contributed by atoms with Crippen LogP contribution < -0.4 is 11.1 Å². The van der Waals surface area contributed by atoms with E-state index >= 15 is 0 Å².